The van der Waals surface area contributed by atoms with Crippen molar-refractivity contribution >= 4 is 10.9 Å². The van der Waals surface area contributed by atoms with Crippen LogP contribution in [0.2, 0.25) is 0 Å². The van der Waals surface area contributed by atoms with E-state index in [1.165, 1.54) is 7.40 Å². The van der Waals surface area contributed by atoms with Crippen molar-refractivity contribution in [1.29, 1.82) is 0 Å². The molecule has 4 nitrogen and oxygen atoms in total. The zero-order chi connectivity index (χ0) is 10.6. The lowest BCUT2D eigenvalue weighted by Gasteiger charge is -1.91. The predicted molar refractivity (Wildman–Crippen MR) is 49.8 cm³/mol. The predicted octanol–water partition coefficient (Wildman–Crippen LogP) is 1.12. The molecule has 0 fully saturated rings. The standard InChI is InChI=1S/C8H5NO3.CH4/c10-7-5-3-1-2-4-6(5)9-8(11)12-7;/h1-4H,(H,9,11);1H4/i;1D. The topological polar surface area (TPSA) is 63.1 Å². The molecule has 0 spiro atoms. The van der Waals surface area contributed by atoms with Crippen LogP contribution < -0.4 is 11.4 Å². The van der Waals surface area contributed by atoms with Gasteiger partial charge in [0.25, 0.3) is 0 Å². The van der Waals surface area contributed by atoms with E-state index in [2.05, 4.69) is 9.40 Å². The van der Waals surface area contributed by atoms with E-state index in [4.69, 9.17) is 1.37 Å². The first kappa shape index (κ1) is 7.79. The van der Waals surface area contributed by atoms with Crippen LogP contribution in [0.1, 0.15) is 8.77 Å². The van der Waals surface area contributed by atoms with E-state index in [0.29, 0.717) is 10.9 Å². The highest BCUT2D eigenvalue weighted by molar-refractivity contribution is 5.76. The Morgan fingerprint density at radius 2 is 2.00 bits per heavy atom. The van der Waals surface area contributed by atoms with E-state index in [1.807, 2.05) is 0 Å². The second kappa shape index (κ2) is 3.26. The number of aromatic amines is 1. The Hall–Kier alpha value is -1.84. The van der Waals surface area contributed by atoms with E-state index in [9.17, 15) is 9.59 Å². The third-order valence-electron chi connectivity index (χ3n) is 1.57. The molecule has 2 aromatic rings. The lowest BCUT2D eigenvalue weighted by molar-refractivity contribution is 0.460. The summed E-state index contributed by atoms with van der Waals surface area (Å²) in [5.74, 6) is -0.723. The summed E-state index contributed by atoms with van der Waals surface area (Å²) in [6, 6.07) is 6.68. The molecule has 0 radical (unpaired) electrons. The van der Waals surface area contributed by atoms with Crippen LogP contribution in [0.15, 0.2) is 38.3 Å². The molecule has 1 N–H and O–H groups in total. The number of H-pyrrole nitrogens is 1. The highest BCUT2D eigenvalue weighted by Gasteiger charge is 1.98. The number of aromatic nitrogens is 1. The van der Waals surface area contributed by atoms with Crippen molar-refractivity contribution in [3.05, 3.63) is 45.2 Å². The Labute approximate surface area is 75.2 Å². The SMILES string of the molecule is O=c1[nH]c2ccccc2c(=O)o1.[2H]C. The van der Waals surface area contributed by atoms with Crippen molar-refractivity contribution in [2.75, 3.05) is 0 Å². The molecule has 1 aromatic heterocycles. The van der Waals surface area contributed by atoms with E-state index in [1.54, 1.807) is 24.3 Å². The molecule has 2 rings (SSSR count). The van der Waals surface area contributed by atoms with E-state index >= 15 is 0 Å². The summed E-state index contributed by atoms with van der Waals surface area (Å²) in [5.41, 5.74) is -0.104. The molecule has 68 valence electrons. The quantitative estimate of drug-likeness (QED) is 0.660. The van der Waals surface area contributed by atoms with Crippen molar-refractivity contribution in [3.8, 4) is 0 Å². The summed E-state index contributed by atoms with van der Waals surface area (Å²) >= 11 is 0. The molecule has 0 aliphatic heterocycles. The van der Waals surface area contributed by atoms with Crippen LogP contribution in [-0.4, -0.2) is 4.98 Å². The first-order valence-electron chi connectivity index (χ1n) is 4.39. The van der Waals surface area contributed by atoms with E-state index in [-0.39, 0.29) is 0 Å². The normalized spacial score (nSPS) is 10.1. The molecule has 1 aromatic carbocycles. The van der Waals surface area contributed by atoms with Crippen LogP contribution in [0.4, 0.5) is 0 Å². The van der Waals surface area contributed by atoms with Crippen LogP contribution >= 0.6 is 0 Å². The second-order valence-electron chi connectivity index (χ2n) is 2.35. The zero-order valence-corrected chi connectivity index (χ0v) is 7.03. The highest BCUT2D eigenvalue weighted by atomic mass is 16.4. The number of fused-ring (bicyclic) bond motifs is 1. The molecule has 13 heavy (non-hydrogen) atoms. The molecule has 0 amide bonds. The summed E-state index contributed by atoms with van der Waals surface area (Å²) in [4.78, 5) is 24.1. The second-order valence-corrected chi connectivity index (χ2v) is 2.35. The Balaban J connectivity index is 0.000000461. The Morgan fingerprint density at radius 3 is 2.77 bits per heavy atom. The van der Waals surface area contributed by atoms with E-state index < -0.39 is 11.4 Å². The monoisotopic (exact) mass is 180 g/mol. The average molecular weight is 180 g/mol. The summed E-state index contributed by atoms with van der Waals surface area (Å²) in [6.45, 7) is 0. The summed E-state index contributed by atoms with van der Waals surface area (Å²) in [5, 5.41) is 0.386. The molecule has 0 bridgehead atoms. The van der Waals surface area contributed by atoms with Gasteiger partial charge in [-0.05, 0) is 12.1 Å². The minimum atomic E-state index is -0.723. The number of hydrogen-bond acceptors (Lipinski definition) is 3. The molecule has 0 saturated heterocycles. The van der Waals surface area contributed by atoms with Crippen molar-refractivity contribution in [2.45, 2.75) is 7.40 Å². The average Bonchev–Trinajstić information content (AvgIpc) is 2.20. The first-order chi connectivity index (χ1) is 6.77. The van der Waals surface area contributed by atoms with Gasteiger partial charge in [0, 0.05) is 1.37 Å². The molecular weight excluding hydrogens is 170 g/mol. The number of hydrogen-bond donors (Lipinski definition) is 1. The number of rotatable bonds is 0. The van der Waals surface area contributed by atoms with Crippen molar-refractivity contribution in [2.24, 2.45) is 0 Å². The van der Waals surface area contributed by atoms with Gasteiger partial charge < -0.3 is 4.42 Å². The minimum absolute atomic E-state index is 0.386. The Bertz CT molecular complexity index is 529. The van der Waals surface area contributed by atoms with Crippen molar-refractivity contribution in [3.63, 3.8) is 0 Å². The van der Waals surface area contributed by atoms with Gasteiger partial charge in [0.15, 0.2) is 0 Å². The third kappa shape index (κ3) is 1.51. The molecule has 0 saturated carbocycles. The van der Waals surface area contributed by atoms with Crippen molar-refractivity contribution < 1.29 is 5.79 Å². The summed E-state index contributed by atoms with van der Waals surface area (Å²) < 4.78 is 10.1. The fraction of sp³-hybridized carbons (Fsp3) is 0.111. The molecule has 0 unspecified atom stereocenters. The first-order valence-corrected chi connectivity index (χ1v) is 3.39. The maximum absolute atomic E-state index is 11.0. The van der Waals surface area contributed by atoms with Gasteiger partial charge in [-0.2, -0.15) is 0 Å². The molecule has 0 atom stereocenters. The Morgan fingerprint density at radius 1 is 1.31 bits per heavy atom. The van der Waals surface area contributed by atoms with Gasteiger partial charge in [0.1, 0.15) is 0 Å². The smallest absolute Gasteiger partial charge is 0.372 e. The molecule has 0 aliphatic carbocycles. The number of para-hydroxylation sites is 1. The van der Waals surface area contributed by atoms with E-state index in [0.717, 1.165) is 0 Å². The van der Waals surface area contributed by atoms with Gasteiger partial charge >= 0.3 is 11.4 Å². The number of nitrogens with one attached hydrogen (secondary N) is 1. The van der Waals surface area contributed by atoms with Gasteiger partial charge in [0.2, 0.25) is 0 Å². The van der Waals surface area contributed by atoms with Crippen LogP contribution in [0.3, 0.4) is 0 Å². The lowest BCUT2D eigenvalue weighted by Crippen LogP contribution is -2.13. The van der Waals surface area contributed by atoms with Crippen LogP contribution in [0, 0.1) is 0 Å². The molecule has 4 heteroatoms. The summed E-state index contributed by atoms with van der Waals surface area (Å²) in [6.07, 6.45) is 0. The molecule has 0 aliphatic rings. The van der Waals surface area contributed by atoms with Gasteiger partial charge in [0.05, 0.1) is 10.9 Å². The third-order valence-corrected chi connectivity index (χ3v) is 1.57. The van der Waals surface area contributed by atoms with Crippen molar-refractivity contribution in [1.82, 2.24) is 4.98 Å². The fourth-order valence-corrected chi connectivity index (χ4v) is 1.04. The van der Waals surface area contributed by atoms with Crippen LogP contribution in [-0.2, 0) is 0 Å². The zero-order valence-electron chi connectivity index (χ0n) is 8.03. The maximum Gasteiger partial charge on any atom is 0.419 e. The van der Waals surface area contributed by atoms with Gasteiger partial charge in [-0.15, -0.1) is 0 Å². The largest absolute Gasteiger partial charge is 0.419 e. The van der Waals surface area contributed by atoms with Gasteiger partial charge in [-0.1, -0.05) is 19.5 Å². The molecular formula is C9H9NO3. The summed E-state index contributed by atoms with van der Waals surface area (Å²) in [7, 11) is 1.25. The van der Waals surface area contributed by atoms with Crippen LogP contribution in [0.5, 0.6) is 0 Å². The maximum atomic E-state index is 11.0. The number of benzene rings is 1. The van der Waals surface area contributed by atoms with Gasteiger partial charge in [-0.25, -0.2) is 9.59 Å². The Kier molecular flexibility index (Phi) is 1.96. The molecule has 1 heterocycles. The minimum Gasteiger partial charge on any atom is -0.372 e. The fourth-order valence-electron chi connectivity index (χ4n) is 1.04. The lowest BCUT2D eigenvalue weighted by atomic mass is 10.2. The van der Waals surface area contributed by atoms with Crippen LogP contribution in [0.25, 0.3) is 10.9 Å². The van der Waals surface area contributed by atoms with Gasteiger partial charge in [-0.3, -0.25) is 4.98 Å². The highest BCUT2D eigenvalue weighted by Crippen LogP contribution is 2.01.